The van der Waals surface area contributed by atoms with Crippen molar-refractivity contribution < 1.29 is 34.4 Å². The predicted molar refractivity (Wildman–Crippen MR) is 113 cm³/mol. The molecular weight excluding hydrogens is 407 g/mol. The smallest absolute Gasteiger partial charge is 0.202 e. The van der Waals surface area contributed by atoms with Gasteiger partial charge in [-0.05, 0) is 31.7 Å². The number of methoxy groups -OCH3 is 1. The number of hydrogen-bond donors (Lipinski definition) is 3. The fourth-order valence-electron chi connectivity index (χ4n) is 3.78. The lowest BCUT2D eigenvalue weighted by Crippen LogP contribution is -2.23. The summed E-state index contributed by atoms with van der Waals surface area (Å²) in [5.41, 5.74) is 0.263. The van der Waals surface area contributed by atoms with E-state index >= 15 is 0 Å². The maximum absolute atomic E-state index is 13.3. The second-order valence-electron chi connectivity index (χ2n) is 7.00. The number of carbonyl (C=O) groups is 3. The van der Waals surface area contributed by atoms with E-state index in [1.165, 1.54) is 13.2 Å². The zero-order valence-electron chi connectivity index (χ0n) is 16.7. The molecule has 0 fully saturated rings. The molecule has 1 atom stereocenters. The summed E-state index contributed by atoms with van der Waals surface area (Å²) in [7, 11) is 1.95. The number of carbonyl (C=O) groups excluding carboxylic acids is 3. The molecule has 2 aromatic rings. The lowest BCUT2D eigenvalue weighted by molar-refractivity contribution is -0.121. The second-order valence-corrected chi connectivity index (χ2v) is 8.20. The Morgan fingerprint density at radius 1 is 1.00 bits per heavy atom. The maximum Gasteiger partial charge on any atom is 0.202 e. The minimum atomic E-state index is -0.631. The first-order valence-corrected chi connectivity index (χ1v) is 11.2. The molecule has 0 bridgehead atoms. The summed E-state index contributed by atoms with van der Waals surface area (Å²) in [6.45, 7) is 1.36. The van der Waals surface area contributed by atoms with E-state index in [2.05, 4.69) is 0 Å². The first-order valence-electron chi connectivity index (χ1n) is 9.50. The largest absolute Gasteiger partial charge is 0.507 e. The SMILES string of the molecule is COc1cccc2c1C(=O)c1c(O)c(CCPC)c(CCC(=O)CO)c(O)c1C2=O. The number of aromatic hydroxyl groups is 2. The van der Waals surface area contributed by atoms with E-state index in [0.29, 0.717) is 26.7 Å². The molecule has 0 aliphatic heterocycles. The number of aliphatic hydroxyl groups excluding tert-OH is 1. The van der Waals surface area contributed by atoms with Gasteiger partial charge in [-0.2, -0.15) is 0 Å². The summed E-state index contributed by atoms with van der Waals surface area (Å²) in [5.74, 6) is -2.14. The molecule has 2 aromatic carbocycles. The fraction of sp³-hybridized carbons (Fsp3) is 0.318. The van der Waals surface area contributed by atoms with Crippen LogP contribution in [0.25, 0.3) is 0 Å². The molecule has 1 aliphatic rings. The number of phenols is 2. The van der Waals surface area contributed by atoms with E-state index in [0.717, 1.165) is 0 Å². The molecule has 7 nitrogen and oxygen atoms in total. The minimum absolute atomic E-state index is 0.0423. The molecule has 158 valence electrons. The van der Waals surface area contributed by atoms with Gasteiger partial charge in [0, 0.05) is 23.1 Å². The molecule has 3 N–H and O–H groups in total. The zero-order chi connectivity index (χ0) is 22.0. The Morgan fingerprint density at radius 2 is 1.63 bits per heavy atom. The van der Waals surface area contributed by atoms with Crippen LogP contribution >= 0.6 is 8.58 Å². The molecule has 0 heterocycles. The highest BCUT2D eigenvalue weighted by atomic mass is 31.1. The average molecular weight is 430 g/mol. The van der Waals surface area contributed by atoms with Crippen LogP contribution in [-0.4, -0.2) is 59.2 Å². The normalized spacial score (nSPS) is 12.9. The number of benzene rings is 2. The van der Waals surface area contributed by atoms with E-state index in [1.54, 1.807) is 12.1 Å². The number of ether oxygens (including phenoxy) is 1. The summed E-state index contributed by atoms with van der Waals surface area (Å²) in [6, 6.07) is 4.60. The van der Waals surface area contributed by atoms with Gasteiger partial charge in [0.05, 0.1) is 23.8 Å². The second kappa shape index (κ2) is 8.94. The van der Waals surface area contributed by atoms with Gasteiger partial charge in [0.2, 0.25) is 5.78 Å². The van der Waals surface area contributed by atoms with Crippen LogP contribution in [0.3, 0.4) is 0 Å². The van der Waals surface area contributed by atoms with Crippen molar-refractivity contribution >= 4 is 25.9 Å². The van der Waals surface area contributed by atoms with Crippen molar-refractivity contribution in [1.29, 1.82) is 0 Å². The number of rotatable bonds is 8. The fourth-order valence-corrected chi connectivity index (χ4v) is 4.28. The number of hydrogen-bond acceptors (Lipinski definition) is 7. The van der Waals surface area contributed by atoms with Gasteiger partial charge in [-0.3, -0.25) is 14.4 Å². The van der Waals surface area contributed by atoms with Crippen LogP contribution < -0.4 is 4.74 Å². The molecule has 0 aromatic heterocycles. The van der Waals surface area contributed by atoms with Crippen LogP contribution in [0.4, 0.5) is 0 Å². The summed E-state index contributed by atoms with van der Waals surface area (Å²) >= 11 is 0. The van der Waals surface area contributed by atoms with E-state index in [1.807, 2.05) is 6.66 Å². The molecule has 0 radical (unpaired) electrons. The number of ketones is 3. The molecule has 1 aliphatic carbocycles. The van der Waals surface area contributed by atoms with Gasteiger partial charge in [0.15, 0.2) is 11.6 Å². The average Bonchev–Trinajstić information content (AvgIpc) is 2.75. The Labute approximate surface area is 175 Å². The molecular formula is C22H23O7P. The summed E-state index contributed by atoms with van der Waals surface area (Å²) in [6.07, 6.45) is 1.07. The highest BCUT2D eigenvalue weighted by molar-refractivity contribution is 7.36. The molecule has 3 rings (SSSR count). The Hall–Kier alpha value is -2.76. The van der Waals surface area contributed by atoms with Crippen LogP contribution in [0.2, 0.25) is 0 Å². The molecule has 1 unspecified atom stereocenters. The Morgan fingerprint density at radius 3 is 2.23 bits per heavy atom. The van der Waals surface area contributed by atoms with Crippen LogP contribution in [0.15, 0.2) is 18.2 Å². The molecule has 0 saturated carbocycles. The van der Waals surface area contributed by atoms with Crippen molar-refractivity contribution in [2.45, 2.75) is 19.3 Å². The van der Waals surface area contributed by atoms with E-state index in [4.69, 9.17) is 9.84 Å². The van der Waals surface area contributed by atoms with Gasteiger partial charge in [-0.25, -0.2) is 0 Å². The van der Waals surface area contributed by atoms with Gasteiger partial charge >= 0.3 is 0 Å². The third kappa shape index (κ3) is 3.59. The van der Waals surface area contributed by atoms with Crippen molar-refractivity contribution in [2.75, 3.05) is 26.5 Å². The van der Waals surface area contributed by atoms with E-state index < -0.39 is 29.7 Å². The lowest BCUT2D eigenvalue weighted by Gasteiger charge is -2.25. The Bertz CT molecular complexity index is 1040. The third-order valence-electron chi connectivity index (χ3n) is 5.29. The topological polar surface area (TPSA) is 121 Å². The van der Waals surface area contributed by atoms with Gasteiger partial charge in [0.25, 0.3) is 0 Å². The predicted octanol–water partition coefficient (Wildman–Crippen LogP) is 2.23. The highest BCUT2D eigenvalue weighted by Crippen LogP contribution is 2.45. The highest BCUT2D eigenvalue weighted by Gasteiger charge is 2.39. The third-order valence-corrected chi connectivity index (χ3v) is 6.04. The monoisotopic (exact) mass is 430 g/mol. The van der Waals surface area contributed by atoms with Crippen molar-refractivity contribution in [2.24, 2.45) is 0 Å². The summed E-state index contributed by atoms with van der Waals surface area (Å²) < 4.78 is 5.24. The zero-order valence-corrected chi connectivity index (χ0v) is 17.7. The number of Topliss-reactive ketones (excluding diaryl/α,β-unsaturated/α-hetero) is 1. The first-order chi connectivity index (χ1) is 14.4. The molecule has 30 heavy (non-hydrogen) atoms. The van der Waals surface area contributed by atoms with Gasteiger partial charge in [0.1, 0.15) is 23.9 Å². The quantitative estimate of drug-likeness (QED) is 0.370. The minimum Gasteiger partial charge on any atom is -0.507 e. The Kier molecular flexibility index (Phi) is 6.54. The van der Waals surface area contributed by atoms with Crippen LogP contribution in [0, 0.1) is 0 Å². The molecule has 0 spiro atoms. The van der Waals surface area contributed by atoms with Crippen molar-refractivity contribution in [3.63, 3.8) is 0 Å². The van der Waals surface area contributed by atoms with Crippen molar-refractivity contribution in [3.8, 4) is 17.2 Å². The van der Waals surface area contributed by atoms with Crippen LogP contribution in [0.5, 0.6) is 17.2 Å². The van der Waals surface area contributed by atoms with Gasteiger partial charge < -0.3 is 20.1 Å². The lowest BCUT2D eigenvalue weighted by atomic mass is 9.79. The maximum atomic E-state index is 13.3. The number of phenolic OH excluding ortho intramolecular Hbond substituents is 2. The first kappa shape index (κ1) is 21.9. The van der Waals surface area contributed by atoms with Crippen LogP contribution in [0.1, 0.15) is 49.4 Å². The van der Waals surface area contributed by atoms with E-state index in [9.17, 15) is 24.6 Å². The Balaban J connectivity index is 2.26. The van der Waals surface area contributed by atoms with Crippen LogP contribution in [-0.2, 0) is 17.6 Å². The molecule has 8 heteroatoms. The van der Waals surface area contributed by atoms with Gasteiger partial charge in [-0.1, -0.05) is 12.1 Å². The van der Waals surface area contributed by atoms with Gasteiger partial charge in [-0.15, -0.1) is 8.58 Å². The number of aliphatic hydroxyl groups is 1. The molecule has 0 saturated heterocycles. The van der Waals surface area contributed by atoms with E-state index in [-0.39, 0.29) is 52.2 Å². The standard InChI is InChI=1S/C22H23O7P/c1-29-15-5-3-4-14-16(15)22(28)18-17(21(14)27)19(25)12(7-6-11(24)10-23)13(20(18)26)8-9-30-2/h3-5,23,25-26,30H,6-10H2,1-2H3. The summed E-state index contributed by atoms with van der Waals surface area (Å²) in [4.78, 5) is 38.1. The van der Waals surface area contributed by atoms with Crippen molar-refractivity contribution in [3.05, 3.63) is 51.6 Å². The summed E-state index contributed by atoms with van der Waals surface area (Å²) in [5, 5.41) is 31.0. The van der Waals surface area contributed by atoms with Crippen molar-refractivity contribution in [1.82, 2.24) is 0 Å². The molecule has 0 amide bonds. The number of fused-ring (bicyclic) bond motifs is 2.